The van der Waals surface area contributed by atoms with Crippen LogP contribution < -0.4 is 5.01 Å². The van der Waals surface area contributed by atoms with Gasteiger partial charge >= 0.3 is 11.9 Å². The molecule has 0 fully saturated rings. The van der Waals surface area contributed by atoms with Crippen LogP contribution in [0.5, 0.6) is 0 Å². The molecule has 1 aromatic carbocycles. The zero-order valence-electron chi connectivity index (χ0n) is 10.4. The number of nitrogens with zero attached hydrogens (tertiary/aromatic N) is 2. The van der Waals surface area contributed by atoms with Crippen LogP contribution in [0.15, 0.2) is 35.4 Å². The van der Waals surface area contributed by atoms with Gasteiger partial charge in [-0.25, -0.2) is 9.59 Å². The van der Waals surface area contributed by atoms with Crippen molar-refractivity contribution in [1.29, 1.82) is 0 Å². The first-order valence-electron chi connectivity index (χ1n) is 5.95. The smallest absolute Gasteiger partial charge is 0.354 e. The van der Waals surface area contributed by atoms with Gasteiger partial charge in [0.15, 0.2) is 6.04 Å². The first-order chi connectivity index (χ1) is 9.13. The average molecular weight is 262 g/mol. The summed E-state index contributed by atoms with van der Waals surface area (Å²) >= 11 is 0. The molecule has 0 aliphatic carbocycles. The van der Waals surface area contributed by atoms with E-state index in [-0.39, 0.29) is 18.7 Å². The number of hydrogen-bond donors (Lipinski definition) is 1. The van der Waals surface area contributed by atoms with Gasteiger partial charge in [-0.1, -0.05) is 18.2 Å². The van der Waals surface area contributed by atoms with Crippen molar-refractivity contribution in [2.24, 2.45) is 5.10 Å². The third kappa shape index (κ3) is 2.73. The van der Waals surface area contributed by atoms with Crippen molar-refractivity contribution >= 4 is 23.3 Å². The summed E-state index contributed by atoms with van der Waals surface area (Å²) in [5.74, 6) is -1.58. The van der Waals surface area contributed by atoms with E-state index in [1.807, 2.05) is 6.07 Å². The van der Waals surface area contributed by atoms with Crippen LogP contribution in [-0.4, -0.2) is 35.4 Å². The number of ether oxygens (including phenoxy) is 1. The second-order valence-corrected chi connectivity index (χ2v) is 4.01. The van der Waals surface area contributed by atoms with Gasteiger partial charge in [-0.05, 0) is 19.1 Å². The molecule has 0 amide bonds. The highest BCUT2D eigenvalue weighted by atomic mass is 16.5. The molecule has 0 spiro atoms. The summed E-state index contributed by atoms with van der Waals surface area (Å²) in [7, 11) is 0. The van der Waals surface area contributed by atoms with Crippen molar-refractivity contribution < 1.29 is 19.4 Å². The normalized spacial score (nSPS) is 18.1. The topological polar surface area (TPSA) is 79.2 Å². The zero-order chi connectivity index (χ0) is 13.8. The molecule has 0 radical (unpaired) electrons. The third-order valence-electron chi connectivity index (χ3n) is 2.73. The summed E-state index contributed by atoms with van der Waals surface area (Å²) in [4.78, 5) is 22.9. The van der Waals surface area contributed by atoms with Crippen molar-refractivity contribution in [1.82, 2.24) is 0 Å². The predicted octanol–water partition coefficient (Wildman–Crippen LogP) is 1.27. The number of hydrazone groups is 1. The first kappa shape index (κ1) is 13.1. The van der Waals surface area contributed by atoms with Crippen molar-refractivity contribution in [3.63, 3.8) is 0 Å². The number of anilines is 1. The van der Waals surface area contributed by atoms with Gasteiger partial charge < -0.3 is 9.84 Å². The largest absolute Gasteiger partial charge is 0.480 e. The van der Waals surface area contributed by atoms with E-state index < -0.39 is 18.0 Å². The van der Waals surface area contributed by atoms with E-state index >= 15 is 0 Å². The summed E-state index contributed by atoms with van der Waals surface area (Å²) in [5, 5.41) is 14.6. The molecule has 6 nitrogen and oxygen atoms in total. The molecule has 1 unspecified atom stereocenters. The Morgan fingerprint density at radius 1 is 1.42 bits per heavy atom. The number of hydrogen-bond acceptors (Lipinski definition) is 5. The van der Waals surface area contributed by atoms with E-state index in [1.54, 1.807) is 31.2 Å². The standard InChI is InChI=1S/C13H14N2O4/c1-2-19-13(18)10-8-11(12(16)17)15(14-10)9-6-4-3-5-7-9/h3-7,11H,2,8H2,1H3,(H,16,17). The molecule has 1 aliphatic heterocycles. The van der Waals surface area contributed by atoms with Crippen LogP contribution >= 0.6 is 0 Å². The van der Waals surface area contributed by atoms with Gasteiger partial charge in [-0.2, -0.15) is 5.10 Å². The zero-order valence-corrected chi connectivity index (χ0v) is 10.4. The molecule has 100 valence electrons. The molecule has 6 heteroatoms. The molecule has 1 aromatic rings. The quantitative estimate of drug-likeness (QED) is 0.826. The molecule has 1 heterocycles. The second kappa shape index (κ2) is 5.51. The van der Waals surface area contributed by atoms with E-state index in [9.17, 15) is 14.7 Å². The highest BCUT2D eigenvalue weighted by Crippen LogP contribution is 2.24. The van der Waals surface area contributed by atoms with E-state index in [0.717, 1.165) is 0 Å². The minimum Gasteiger partial charge on any atom is -0.480 e. The maximum Gasteiger partial charge on any atom is 0.354 e. The van der Waals surface area contributed by atoms with E-state index in [2.05, 4.69) is 5.10 Å². The van der Waals surface area contributed by atoms with E-state index in [1.165, 1.54) is 5.01 Å². The van der Waals surface area contributed by atoms with Gasteiger partial charge in [-0.15, -0.1) is 0 Å². The average Bonchev–Trinajstić information content (AvgIpc) is 2.85. The highest BCUT2D eigenvalue weighted by Gasteiger charge is 2.36. The number of carbonyl (C=O) groups is 2. The second-order valence-electron chi connectivity index (χ2n) is 4.01. The van der Waals surface area contributed by atoms with Gasteiger partial charge in [-0.3, -0.25) is 5.01 Å². The Kier molecular flexibility index (Phi) is 3.79. The number of carboxylic acids is 1. The summed E-state index contributed by atoms with van der Waals surface area (Å²) in [6, 6.07) is 8.01. The number of rotatable bonds is 4. The Labute approximate surface area is 110 Å². The molecule has 0 aromatic heterocycles. The fourth-order valence-electron chi connectivity index (χ4n) is 1.86. The molecule has 2 rings (SSSR count). The predicted molar refractivity (Wildman–Crippen MR) is 69.0 cm³/mol. The minimum absolute atomic E-state index is 0.0447. The summed E-state index contributed by atoms with van der Waals surface area (Å²) in [5.41, 5.74) is 0.771. The van der Waals surface area contributed by atoms with Crippen molar-refractivity contribution in [2.45, 2.75) is 19.4 Å². The number of benzene rings is 1. The van der Waals surface area contributed by atoms with Crippen molar-refractivity contribution in [3.05, 3.63) is 30.3 Å². The number of esters is 1. The van der Waals surface area contributed by atoms with Gasteiger partial charge in [0.2, 0.25) is 0 Å². The summed E-state index contributed by atoms with van der Waals surface area (Å²) in [6.45, 7) is 1.93. The molecular formula is C13H14N2O4. The van der Waals surface area contributed by atoms with Gasteiger partial charge in [0.1, 0.15) is 5.71 Å². The number of para-hydroxylation sites is 1. The first-order valence-corrected chi connectivity index (χ1v) is 5.95. The lowest BCUT2D eigenvalue weighted by atomic mass is 10.1. The van der Waals surface area contributed by atoms with Crippen molar-refractivity contribution in [3.8, 4) is 0 Å². The van der Waals surface area contributed by atoms with Crippen LogP contribution in [0.25, 0.3) is 0 Å². The van der Waals surface area contributed by atoms with Crippen LogP contribution in [0.1, 0.15) is 13.3 Å². The Balaban J connectivity index is 2.28. The Hall–Kier alpha value is -2.37. The maximum atomic E-state index is 11.6. The molecule has 1 N–H and O–H groups in total. The molecule has 19 heavy (non-hydrogen) atoms. The molecular weight excluding hydrogens is 248 g/mol. The Morgan fingerprint density at radius 2 is 2.11 bits per heavy atom. The molecule has 1 atom stereocenters. The lowest BCUT2D eigenvalue weighted by Crippen LogP contribution is -2.34. The fraction of sp³-hybridized carbons (Fsp3) is 0.308. The Bertz CT molecular complexity index is 513. The van der Waals surface area contributed by atoms with Crippen LogP contribution in [0.2, 0.25) is 0 Å². The third-order valence-corrected chi connectivity index (χ3v) is 2.73. The van der Waals surface area contributed by atoms with Gasteiger partial charge in [0, 0.05) is 6.42 Å². The van der Waals surface area contributed by atoms with Crippen LogP contribution in [0.4, 0.5) is 5.69 Å². The Morgan fingerprint density at radius 3 is 2.68 bits per heavy atom. The molecule has 1 aliphatic rings. The molecule has 0 bridgehead atoms. The lowest BCUT2D eigenvalue weighted by molar-refractivity contribution is -0.138. The van der Waals surface area contributed by atoms with Crippen LogP contribution in [0, 0.1) is 0 Å². The molecule has 0 saturated heterocycles. The highest BCUT2D eigenvalue weighted by molar-refractivity contribution is 6.38. The molecule has 0 saturated carbocycles. The van der Waals surface area contributed by atoms with Gasteiger partial charge in [0.05, 0.1) is 12.3 Å². The number of carbonyl (C=O) groups excluding carboxylic acids is 1. The van der Waals surface area contributed by atoms with Crippen molar-refractivity contribution in [2.75, 3.05) is 11.6 Å². The summed E-state index contributed by atoms with van der Waals surface area (Å²) in [6.07, 6.45) is 0.0447. The minimum atomic E-state index is -1.02. The fourth-order valence-corrected chi connectivity index (χ4v) is 1.86. The van der Waals surface area contributed by atoms with E-state index in [0.29, 0.717) is 5.69 Å². The monoisotopic (exact) mass is 262 g/mol. The van der Waals surface area contributed by atoms with Gasteiger partial charge in [0.25, 0.3) is 0 Å². The maximum absolute atomic E-state index is 11.6. The van der Waals surface area contributed by atoms with E-state index in [4.69, 9.17) is 4.74 Å². The summed E-state index contributed by atoms with van der Waals surface area (Å²) < 4.78 is 4.85. The number of aliphatic carboxylic acids is 1. The number of carboxylic acid groups (broad SMARTS) is 1. The van der Waals surface area contributed by atoms with Crippen LogP contribution in [0.3, 0.4) is 0 Å². The SMILES string of the molecule is CCOC(=O)C1=NN(c2ccccc2)C(C(=O)O)C1. The van der Waals surface area contributed by atoms with Crippen LogP contribution in [-0.2, 0) is 14.3 Å². The lowest BCUT2D eigenvalue weighted by Gasteiger charge is -2.19.